The van der Waals surface area contributed by atoms with Crippen LogP contribution in [0.3, 0.4) is 0 Å². The summed E-state index contributed by atoms with van der Waals surface area (Å²) in [4.78, 5) is 18.3. The fraction of sp³-hybridized carbons (Fsp3) is 0.190. The molecule has 0 atom stereocenters. The van der Waals surface area contributed by atoms with Gasteiger partial charge in [0, 0.05) is 10.6 Å². The molecule has 3 aromatic rings. The molecule has 0 unspecified atom stereocenters. The number of halogens is 2. The summed E-state index contributed by atoms with van der Waals surface area (Å²) < 4.78 is 16.3. The highest BCUT2D eigenvalue weighted by molar-refractivity contribution is 7.96. The van der Waals surface area contributed by atoms with Crippen LogP contribution in [-0.2, 0) is 6.54 Å². The molecule has 9 heteroatoms. The molecule has 0 saturated carbocycles. The van der Waals surface area contributed by atoms with Crippen LogP contribution in [0.5, 0.6) is 0 Å². The summed E-state index contributed by atoms with van der Waals surface area (Å²) in [5.41, 5.74) is 2.53. The van der Waals surface area contributed by atoms with Gasteiger partial charge in [0.1, 0.15) is 11.5 Å². The number of carbonyl (C=O) groups excluding carboxylic acids is 1. The number of aldehydes is 1. The second kappa shape index (κ2) is 11.7. The van der Waals surface area contributed by atoms with Gasteiger partial charge < -0.3 is 4.90 Å². The number of benzene rings is 2. The maximum Gasteiger partial charge on any atom is 0.191 e. The van der Waals surface area contributed by atoms with Crippen LogP contribution in [0.15, 0.2) is 42.5 Å². The Kier molecular flexibility index (Phi) is 9.27. The van der Waals surface area contributed by atoms with E-state index in [1.54, 1.807) is 48.3 Å². The van der Waals surface area contributed by atoms with Crippen LogP contribution in [0, 0.1) is 24.1 Å². The van der Waals surface area contributed by atoms with E-state index >= 15 is 0 Å². The molecule has 0 bridgehead atoms. The Morgan fingerprint density at radius 1 is 1.33 bits per heavy atom. The van der Waals surface area contributed by atoms with Crippen molar-refractivity contribution in [2.24, 2.45) is 0 Å². The van der Waals surface area contributed by atoms with Gasteiger partial charge in [0.2, 0.25) is 0 Å². The van der Waals surface area contributed by atoms with E-state index < -0.39 is 5.82 Å². The van der Waals surface area contributed by atoms with Crippen LogP contribution in [-0.4, -0.2) is 24.6 Å². The molecule has 0 spiro atoms. The highest BCUT2D eigenvalue weighted by Crippen LogP contribution is 2.33. The molecule has 0 saturated heterocycles. The van der Waals surface area contributed by atoms with Gasteiger partial charge >= 0.3 is 0 Å². The van der Waals surface area contributed by atoms with E-state index in [2.05, 4.69) is 15.8 Å². The van der Waals surface area contributed by atoms with Gasteiger partial charge in [0.15, 0.2) is 11.4 Å². The third-order valence-electron chi connectivity index (χ3n) is 4.00. The molecule has 2 aromatic carbocycles. The number of aryl methyl sites for hydroxylation is 1. The minimum atomic E-state index is -0.478. The van der Waals surface area contributed by atoms with E-state index in [1.165, 1.54) is 17.4 Å². The first-order valence-electron chi connectivity index (χ1n) is 8.77. The van der Waals surface area contributed by atoms with Gasteiger partial charge in [0.05, 0.1) is 23.2 Å². The van der Waals surface area contributed by atoms with E-state index in [9.17, 15) is 9.18 Å². The topological polar surface area (TPSA) is 69.0 Å². The fourth-order valence-electron chi connectivity index (χ4n) is 2.42. The molecule has 5 nitrogen and oxygen atoms in total. The number of rotatable bonds is 6. The van der Waals surface area contributed by atoms with Crippen molar-refractivity contribution in [3.63, 3.8) is 0 Å². The predicted molar refractivity (Wildman–Crippen MR) is 123 cm³/mol. The number of nitrogens with zero attached hydrogens (tertiary/aromatic N) is 3. The van der Waals surface area contributed by atoms with Crippen LogP contribution in [0.2, 0.25) is 5.02 Å². The van der Waals surface area contributed by atoms with E-state index in [4.69, 9.17) is 16.9 Å². The second-order valence-electron chi connectivity index (χ2n) is 5.96. The van der Waals surface area contributed by atoms with Crippen molar-refractivity contribution in [1.29, 1.82) is 5.26 Å². The highest BCUT2D eigenvalue weighted by Gasteiger charge is 2.17. The molecular formula is C21H20ClFN4OS2. The lowest BCUT2D eigenvalue weighted by Crippen LogP contribution is -2.16. The summed E-state index contributed by atoms with van der Waals surface area (Å²) in [6.07, 6.45) is 2.71. The molecule has 0 aliphatic carbocycles. The summed E-state index contributed by atoms with van der Waals surface area (Å²) in [6, 6.07) is 13.6. The standard InChI is InChI=1S/C19H13ClFN3OS.C2H7NS/c1-12-18(11-25)23-19(26-12)24(15-5-2-13(9-22)3-6-15)10-14-4-7-17(21)16(20)8-14;1-3-4-2/h2-8,11H,10H2,1H3;3H,1-2H3. The van der Waals surface area contributed by atoms with Crippen LogP contribution >= 0.6 is 34.9 Å². The quantitative estimate of drug-likeness (QED) is 0.371. The third kappa shape index (κ3) is 6.28. The molecule has 0 fully saturated rings. The zero-order chi connectivity index (χ0) is 22.1. The minimum Gasteiger partial charge on any atom is -0.313 e. The number of aromatic nitrogens is 1. The van der Waals surface area contributed by atoms with Crippen LogP contribution < -0.4 is 9.62 Å². The zero-order valence-electron chi connectivity index (χ0n) is 16.6. The summed E-state index contributed by atoms with van der Waals surface area (Å²) in [5.74, 6) is -0.478. The molecule has 30 heavy (non-hydrogen) atoms. The smallest absolute Gasteiger partial charge is 0.191 e. The third-order valence-corrected chi connectivity index (χ3v) is 5.71. The van der Waals surface area contributed by atoms with E-state index in [0.717, 1.165) is 22.4 Å². The molecule has 0 aliphatic heterocycles. The van der Waals surface area contributed by atoms with Gasteiger partial charge in [-0.15, -0.1) is 11.3 Å². The molecular weight excluding hydrogens is 443 g/mol. The monoisotopic (exact) mass is 462 g/mol. The maximum atomic E-state index is 13.4. The molecule has 0 amide bonds. The molecule has 0 radical (unpaired) electrons. The van der Waals surface area contributed by atoms with Gasteiger partial charge in [0.25, 0.3) is 0 Å². The Hall–Kier alpha value is -2.44. The van der Waals surface area contributed by atoms with Crippen molar-refractivity contribution in [2.75, 3.05) is 18.2 Å². The van der Waals surface area contributed by atoms with Crippen molar-refractivity contribution in [3.05, 3.63) is 75.0 Å². The number of carbonyl (C=O) groups is 1. The SMILES string of the molecule is CNSC.Cc1sc(N(Cc2ccc(F)c(Cl)c2)c2ccc(C#N)cc2)nc1C=O. The van der Waals surface area contributed by atoms with Crippen LogP contribution in [0.1, 0.15) is 26.5 Å². The van der Waals surface area contributed by atoms with Gasteiger partial charge in [-0.05, 0) is 62.2 Å². The lowest BCUT2D eigenvalue weighted by atomic mass is 10.1. The summed E-state index contributed by atoms with van der Waals surface area (Å²) in [5, 5.41) is 9.67. The van der Waals surface area contributed by atoms with E-state index in [-0.39, 0.29) is 5.02 Å². The Bertz CT molecular complexity index is 1030. The first kappa shape index (κ1) is 23.8. The summed E-state index contributed by atoms with van der Waals surface area (Å²) in [7, 11) is 1.89. The Morgan fingerprint density at radius 2 is 2.00 bits per heavy atom. The second-order valence-corrected chi connectivity index (χ2v) is 8.36. The van der Waals surface area contributed by atoms with E-state index in [1.807, 2.05) is 25.1 Å². The van der Waals surface area contributed by atoms with Crippen LogP contribution in [0.25, 0.3) is 0 Å². The van der Waals surface area contributed by atoms with Gasteiger partial charge in [-0.25, -0.2) is 9.37 Å². The first-order chi connectivity index (χ1) is 14.4. The Balaban J connectivity index is 0.000000735. The molecule has 1 N–H and O–H groups in total. The molecule has 1 aromatic heterocycles. The maximum absolute atomic E-state index is 13.4. The average molecular weight is 463 g/mol. The Labute approximate surface area is 188 Å². The zero-order valence-corrected chi connectivity index (χ0v) is 19.0. The fourth-order valence-corrected chi connectivity index (χ4v) is 3.52. The molecule has 1 heterocycles. The normalized spacial score (nSPS) is 10.0. The Morgan fingerprint density at radius 3 is 2.50 bits per heavy atom. The molecule has 156 valence electrons. The average Bonchev–Trinajstić information content (AvgIpc) is 3.15. The first-order valence-corrected chi connectivity index (χ1v) is 11.2. The van der Waals surface area contributed by atoms with Gasteiger partial charge in [-0.3, -0.25) is 9.52 Å². The van der Waals surface area contributed by atoms with Crippen molar-refractivity contribution in [1.82, 2.24) is 9.71 Å². The van der Waals surface area contributed by atoms with E-state index in [0.29, 0.717) is 22.9 Å². The largest absolute Gasteiger partial charge is 0.313 e. The summed E-state index contributed by atoms with van der Waals surface area (Å²) >= 11 is 8.89. The van der Waals surface area contributed by atoms with Crippen molar-refractivity contribution < 1.29 is 9.18 Å². The highest BCUT2D eigenvalue weighted by atomic mass is 35.5. The van der Waals surface area contributed by atoms with Crippen molar-refractivity contribution in [2.45, 2.75) is 13.5 Å². The van der Waals surface area contributed by atoms with Crippen LogP contribution in [0.4, 0.5) is 15.2 Å². The predicted octanol–water partition coefficient (Wildman–Crippen LogP) is 5.75. The number of hydrogen-bond donors (Lipinski definition) is 1. The molecule has 0 aliphatic rings. The number of nitrogens with one attached hydrogen (secondary N) is 1. The van der Waals surface area contributed by atoms with Gasteiger partial charge in [-0.2, -0.15) is 5.26 Å². The lowest BCUT2D eigenvalue weighted by Gasteiger charge is -2.22. The number of hydrogen-bond acceptors (Lipinski definition) is 7. The number of nitriles is 1. The van der Waals surface area contributed by atoms with Crippen molar-refractivity contribution >= 4 is 52.0 Å². The van der Waals surface area contributed by atoms with Crippen molar-refractivity contribution in [3.8, 4) is 6.07 Å². The molecule has 3 rings (SSSR count). The number of thiazole rings is 1. The lowest BCUT2D eigenvalue weighted by molar-refractivity contribution is 0.111. The number of anilines is 2. The summed E-state index contributed by atoms with van der Waals surface area (Å²) in [6.45, 7) is 2.22. The minimum absolute atomic E-state index is 0.0474. The van der Waals surface area contributed by atoms with Gasteiger partial charge in [-0.1, -0.05) is 29.6 Å².